The minimum atomic E-state index is 0.886. The largest absolute Gasteiger partial charge is 0.254 e. The Hall–Kier alpha value is -4.30. The van der Waals surface area contributed by atoms with Gasteiger partial charge in [-0.1, -0.05) is 103 Å². The molecule has 2 nitrogen and oxygen atoms in total. The third-order valence-electron chi connectivity index (χ3n) is 5.94. The molecule has 0 spiro atoms. The Morgan fingerprint density at radius 1 is 0.406 bits per heavy atom. The van der Waals surface area contributed by atoms with Gasteiger partial charge < -0.3 is 0 Å². The third-order valence-corrected chi connectivity index (χ3v) is 5.94. The number of nitrogens with zero attached hydrogens (tertiary/aromatic N) is 2. The van der Waals surface area contributed by atoms with Gasteiger partial charge in [-0.2, -0.15) is 0 Å². The monoisotopic (exact) mass is 408 g/mol. The highest BCUT2D eigenvalue weighted by Crippen LogP contribution is 2.32. The van der Waals surface area contributed by atoms with Gasteiger partial charge in [0.2, 0.25) is 0 Å². The minimum Gasteiger partial charge on any atom is -0.254 e. The van der Waals surface area contributed by atoms with E-state index < -0.39 is 0 Å². The van der Waals surface area contributed by atoms with Gasteiger partial charge in [0.25, 0.3) is 0 Å². The predicted octanol–water partition coefficient (Wildman–Crippen LogP) is 7.78. The zero-order valence-electron chi connectivity index (χ0n) is 17.4. The Labute approximate surface area is 186 Å². The topological polar surface area (TPSA) is 25.8 Å². The number of fused-ring (bicyclic) bond motifs is 3. The molecule has 0 radical (unpaired) electrons. The summed E-state index contributed by atoms with van der Waals surface area (Å²) in [6, 6.07) is 40.0. The zero-order valence-corrected chi connectivity index (χ0v) is 17.4. The average molecular weight is 409 g/mol. The summed E-state index contributed by atoms with van der Waals surface area (Å²) in [7, 11) is 0. The van der Waals surface area contributed by atoms with Crippen molar-refractivity contribution in [2.45, 2.75) is 0 Å². The molecule has 6 rings (SSSR count). The van der Waals surface area contributed by atoms with E-state index in [0.29, 0.717) is 0 Å². The summed E-state index contributed by atoms with van der Waals surface area (Å²) < 4.78 is 0. The fourth-order valence-electron chi connectivity index (χ4n) is 4.29. The van der Waals surface area contributed by atoms with Crippen LogP contribution in [0.25, 0.3) is 55.3 Å². The van der Waals surface area contributed by atoms with Crippen LogP contribution in [0.4, 0.5) is 0 Å². The van der Waals surface area contributed by atoms with E-state index in [0.717, 1.165) is 33.4 Å². The molecule has 2 aromatic heterocycles. The van der Waals surface area contributed by atoms with Crippen LogP contribution in [0.5, 0.6) is 0 Å². The molecule has 2 heterocycles. The predicted molar refractivity (Wildman–Crippen MR) is 133 cm³/mol. The van der Waals surface area contributed by atoms with Gasteiger partial charge in [-0.3, -0.25) is 4.98 Å². The molecule has 0 aliphatic carbocycles. The Morgan fingerprint density at radius 2 is 0.969 bits per heavy atom. The standard InChI is InChI=1S/C30H20N2/c1-2-8-21(9-3-1)22-14-16-23(17-15-22)24-18-19-29(31-20-24)30-27-12-5-4-10-25(27)26-11-6-7-13-28(26)32-30/h1-20H. The van der Waals surface area contributed by atoms with Gasteiger partial charge >= 0.3 is 0 Å². The van der Waals surface area contributed by atoms with Gasteiger partial charge in [0.15, 0.2) is 0 Å². The molecule has 0 amide bonds. The molecule has 0 N–H and O–H groups in total. The van der Waals surface area contributed by atoms with E-state index in [9.17, 15) is 0 Å². The maximum atomic E-state index is 4.96. The van der Waals surface area contributed by atoms with E-state index in [4.69, 9.17) is 9.97 Å². The quantitative estimate of drug-likeness (QED) is 0.279. The molecular formula is C30H20N2. The van der Waals surface area contributed by atoms with Crippen LogP contribution in [-0.2, 0) is 0 Å². The lowest BCUT2D eigenvalue weighted by atomic mass is 10.00. The van der Waals surface area contributed by atoms with Crippen LogP contribution in [0.15, 0.2) is 121 Å². The smallest absolute Gasteiger partial charge is 0.0972 e. The molecular weight excluding hydrogens is 388 g/mol. The van der Waals surface area contributed by atoms with Crippen LogP contribution in [0.1, 0.15) is 0 Å². The normalized spacial score (nSPS) is 11.1. The van der Waals surface area contributed by atoms with Crippen molar-refractivity contribution in [3.63, 3.8) is 0 Å². The van der Waals surface area contributed by atoms with Crippen molar-refractivity contribution in [2.75, 3.05) is 0 Å². The second-order valence-electron chi connectivity index (χ2n) is 7.90. The van der Waals surface area contributed by atoms with Crippen molar-refractivity contribution in [3.05, 3.63) is 121 Å². The molecule has 6 aromatic rings. The second-order valence-corrected chi connectivity index (χ2v) is 7.90. The first-order chi connectivity index (χ1) is 15.9. The SMILES string of the molecule is c1ccc(-c2ccc(-c3ccc(-c4nc5ccccc5c5ccccc45)nc3)cc2)cc1. The minimum absolute atomic E-state index is 0.886. The molecule has 0 unspecified atom stereocenters. The van der Waals surface area contributed by atoms with Crippen LogP contribution in [-0.4, -0.2) is 9.97 Å². The molecule has 0 saturated carbocycles. The lowest BCUT2D eigenvalue weighted by molar-refractivity contribution is 1.29. The molecule has 0 aliphatic heterocycles. The molecule has 2 heteroatoms. The molecule has 0 fully saturated rings. The summed E-state index contributed by atoms with van der Waals surface area (Å²) in [5.41, 5.74) is 7.48. The molecule has 0 saturated heterocycles. The first-order valence-corrected chi connectivity index (χ1v) is 10.8. The Kier molecular flexibility index (Phi) is 4.47. The van der Waals surface area contributed by atoms with Crippen molar-refractivity contribution in [1.82, 2.24) is 9.97 Å². The summed E-state index contributed by atoms with van der Waals surface area (Å²) in [4.78, 5) is 9.76. The molecule has 4 aromatic carbocycles. The number of hydrogen-bond donors (Lipinski definition) is 0. The van der Waals surface area contributed by atoms with Crippen molar-refractivity contribution in [1.29, 1.82) is 0 Å². The molecule has 32 heavy (non-hydrogen) atoms. The summed E-state index contributed by atoms with van der Waals surface area (Å²) >= 11 is 0. The van der Waals surface area contributed by atoms with E-state index in [1.54, 1.807) is 0 Å². The fraction of sp³-hybridized carbons (Fsp3) is 0. The maximum Gasteiger partial charge on any atom is 0.0972 e. The van der Waals surface area contributed by atoms with Crippen molar-refractivity contribution < 1.29 is 0 Å². The van der Waals surface area contributed by atoms with Gasteiger partial charge in [0, 0.05) is 22.5 Å². The average Bonchev–Trinajstić information content (AvgIpc) is 2.89. The number of para-hydroxylation sites is 1. The molecule has 0 bridgehead atoms. The van der Waals surface area contributed by atoms with Crippen molar-refractivity contribution in [3.8, 4) is 33.6 Å². The van der Waals surface area contributed by atoms with Crippen molar-refractivity contribution >= 4 is 21.7 Å². The Bertz CT molecular complexity index is 1530. The second kappa shape index (κ2) is 7.75. The lowest BCUT2D eigenvalue weighted by Crippen LogP contribution is -1.92. The molecule has 0 aliphatic rings. The highest BCUT2D eigenvalue weighted by atomic mass is 14.8. The summed E-state index contributed by atoms with van der Waals surface area (Å²) in [5.74, 6) is 0. The van der Waals surface area contributed by atoms with Crippen LogP contribution < -0.4 is 0 Å². The van der Waals surface area contributed by atoms with Crippen molar-refractivity contribution in [2.24, 2.45) is 0 Å². The van der Waals surface area contributed by atoms with Crippen LogP contribution in [0, 0.1) is 0 Å². The molecule has 0 atom stereocenters. The Morgan fingerprint density at radius 3 is 1.69 bits per heavy atom. The first-order valence-electron chi connectivity index (χ1n) is 10.8. The maximum absolute atomic E-state index is 4.96. The van der Waals surface area contributed by atoms with Gasteiger partial charge in [-0.05, 0) is 34.2 Å². The molecule has 150 valence electrons. The highest BCUT2D eigenvalue weighted by Gasteiger charge is 2.11. The van der Waals surface area contributed by atoms with Crippen LogP contribution >= 0.6 is 0 Å². The number of hydrogen-bond acceptors (Lipinski definition) is 2. The van der Waals surface area contributed by atoms with E-state index in [-0.39, 0.29) is 0 Å². The third kappa shape index (κ3) is 3.23. The van der Waals surface area contributed by atoms with E-state index >= 15 is 0 Å². The van der Waals surface area contributed by atoms with Gasteiger partial charge in [-0.25, -0.2) is 4.98 Å². The number of benzene rings is 4. The van der Waals surface area contributed by atoms with E-state index in [2.05, 4.69) is 103 Å². The van der Waals surface area contributed by atoms with Gasteiger partial charge in [0.05, 0.1) is 16.9 Å². The fourth-order valence-corrected chi connectivity index (χ4v) is 4.29. The van der Waals surface area contributed by atoms with E-state index in [1.807, 2.05) is 18.3 Å². The number of pyridine rings is 2. The lowest BCUT2D eigenvalue weighted by Gasteiger charge is -2.10. The van der Waals surface area contributed by atoms with Crippen LogP contribution in [0.3, 0.4) is 0 Å². The van der Waals surface area contributed by atoms with Crippen LogP contribution in [0.2, 0.25) is 0 Å². The zero-order chi connectivity index (χ0) is 21.3. The number of aromatic nitrogens is 2. The highest BCUT2D eigenvalue weighted by molar-refractivity contribution is 6.10. The van der Waals surface area contributed by atoms with E-state index in [1.165, 1.54) is 21.9 Å². The van der Waals surface area contributed by atoms with Gasteiger partial charge in [0.1, 0.15) is 0 Å². The summed E-state index contributed by atoms with van der Waals surface area (Å²) in [6.45, 7) is 0. The Balaban J connectivity index is 1.39. The van der Waals surface area contributed by atoms with Gasteiger partial charge in [-0.15, -0.1) is 0 Å². The number of rotatable bonds is 3. The summed E-state index contributed by atoms with van der Waals surface area (Å²) in [5, 5.41) is 3.50. The first kappa shape index (κ1) is 18.5. The summed E-state index contributed by atoms with van der Waals surface area (Å²) in [6.07, 6.45) is 1.94.